The number of thioether (sulfide) groups is 1. The summed E-state index contributed by atoms with van der Waals surface area (Å²) in [4.78, 5) is 17.3. The second-order valence-corrected chi connectivity index (χ2v) is 11.2. The molecule has 0 N–H and O–H groups in total. The summed E-state index contributed by atoms with van der Waals surface area (Å²) in [5, 5.41) is 0.694. The molecule has 2 aromatic rings. The Bertz CT molecular complexity index is 931. The quantitative estimate of drug-likeness (QED) is 0.414. The van der Waals surface area contributed by atoms with E-state index in [0.29, 0.717) is 29.5 Å². The van der Waals surface area contributed by atoms with E-state index in [1.807, 2.05) is 37.3 Å². The highest BCUT2D eigenvalue weighted by molar-refractivity contribution is 9.11. The molecule has 2 aromatic carbocycles. The predicted octanol–water partition coefficient (Wildman–Crippen LogP) is 6.77. The van der Waals surface area contributed by atoms with Crippen LogP contribution in [0.25, 0.3) is 0 Å². The number of Topliss-reactive ketones (excluding diaryl/α,β-unsaturated/α-hetero) is 1. The van der Waals surface area contributed by atoms with Crippen molar-refractivity contribution >= 4 is 61.0 Å². The fraction of sp³-hybridized carbons (Fsp3) is 0.409. The predicted molar refractivity (Wildman–Crippen MR) is 127 cm³/mol. The first kappa shape index (κ1) is 21.7. The van der Waals surface area contributed by atoms with Crippen molar-refractivity contribution in [1.29, 1.82) is 0 Å². The smallest absolute Gasteiger partial charge is 0.187 e. The summed E-state index contributed by atoms with van der Waals surface area (Å²) in [5.74, 6) is 0.785. The van der Waals surface area contributed by atoms with Gasteiger partial charge in [0.05, 0.1) is 10.0 Å². The summed E-state index contributed by atoms with van der Waals surface area (Å²) >= 11 is 14.9. The first-order valence-electron chi connectivity index (χ1n) is 9.73. The molecular formula is C22H22Br2ClNO2S. The van der Waals surface area contributed by atoms with Gasteiger partial charge in [0.25, 0.3) is 0 Å². The van der Waals surface area contributed by atoms with Crippen molar-refractivity contribution in [2.75, 3.05) is 26.2 Å². The number of fused-ring (bicyclic) bond motifs is 1. The molecule has 154 valence electrons. The maximum Gasteiger partial charge on any atom is 0.187 e. The number of ketones is 1. The fourth-order valence-corrected chi connectivity index (χ4v) is 6.59. The van der Waals surface area contributed by atoms with E-state index in [2.05, 4.69) is 36.8 Å². The summed E-state index contributed by atoms with van der Waals surface area (Å²) in [6.45, 7) is 5.10. The van der Waals surface area contributed by atoms with E-state index in [4.69, 9.17) is 16.3 Å². The number of piperidine rings is 1. The standard InChI is InChI=1S/C22H22Br2ClNO2S/c1-14-18(23)11-17-20(19(14)24)28-13-22(21(17)27,12-26-9-3-2-4-10-26)29-16-7-5-15(25)6-8-16/h5-8,11H,2-4,9-10,12-13H2,1H3/t22-/m1/s1. The van der Waals surface area contributed by atoms with Gasteiger partial charge in [0.2, 0.25) is 0 Å². The lowest BCUT2D eigenvalue weighted by Gasteiger charge is -2.41. The number of ether oxygens (including phenoxy) is 1. The van der Waals surface area contributed by atoms with Gasteiger partial charge in [-0.2, -0.15) is 0 Å². The second kappa shape index (κ2) is 8.91. The number of carbonyl (C=O) groups excluding carboxylic acids is 1. The Morgan fingerprint density at radius 2 is 1.86 bits per heavy atom. The van der Waals surface area contributed by atoms with Crippen LogP contribution in [0.1, 0.15) is 35.2 Å². The van der Waals surface area contributed by atoms with Crippen LogP contribution in [0.15, 0.2) is 44.2 Å². The maximum atomic E-state index is 13.9. The van der Waals surface area contributed by atoms with Gasteiger partial charge in [-0.3, -0.25) is 4.79 Å². The Morgan fingerprint density at radius 3 is 2.55 bits per heavy atom. The number of carbonyl (C=O) groups is 1. The SMILES string of the molecule is Cc1c(Br)cc2c(c1Br)OC[C@@](CN1CCCCC1)(Sc1ccc(Cl)cc1)C2=O. The van der Waals surface area contributed by atoms with Gasteiger partial charge < -0.3 is 9.64 Å². The number of rotatable bonds is 4. The fourth-order valence-electron chi connectivity index (χ4n) is 3.94. The van der Waals surface area contributed by atoms with Crippen LogP contribution in [0, 0.1) is 6.92 Å². The molecule has 1 fully saturated rings. The van der Waals surface area contributed by atoms with Gasteiger partial charge in [0, 0.05) is 20.9 Å². The van der Waals surface area contributed by atoms with Gasteiger partial charge in [0.15, 0.2) is 5.78 Å². The lowest BCUT2D eigenvalue weighted by atomic mass is 9.92. The molecule has 1 saturated heterocycles. The average molecular weight is 560 g/mol. The first-order valence-corrected chi connectivity index (χ1v) is 12.5. The summed E-state index contributed by atoms with van der Waals surface area (Å²) in [6.07, 6.45) is 3.63. The van der Waals surface area contributed by atoms with E-state index in [1.54, 1.807) is 11.8 Å². The second-order valence-electron chi connectivity index (χ2n) is 7.68. The van der Waals surface area contributed by atoms with Gasteiger partial charge in [-0.25, -0.2) is 0 Å². The highest BCUT2D eigenvalue weighted by Crippen LogP contribution is 2.47. The lowest BCUT2D eigenvalue weighted by Crippen LogP contribution is -2.53. The third kappa shape index (κ3) is 4.42. The molecule has 0 aliphatic carbocycles. The van der Waals surface area contributed by atoms with E-state index in [1.165, 1.54) is 19.3 Å². The van der Waals surface area contributed by atoms with Crippen molar-refractivity contribution in [2.24, 2.45) is 0 Å². The number of benzene rings is 2. The van der Waals surface area contributed by atoms with Crippen LogP contribution >= 0.6 is 55.2 Å². The van der Waals surface area contributed by atoms with Crippen LogP contribution in [0.5, 0.6) is 5.75 Å². The monoisotopic (exact) mass is 557 g/mol. The van der Waals surface area contributed by atoms with Crippen molar-refractivity contribution < 1.29 is 9.53 Å². The topological polar surface area (TPSA) is 29.5 Å². The van der Waals surface area contributed by atoms with E-state index in [0.717, 1.165) is 32.5 Å². The van der Waals surface area contributed by atoms with Crippen LogP contribution < -0.4 is 4.74 Å². The Labute approximate surface area is 197 Å². The molecule has 2 aliphatic rings. The van der Waals surface area contributed by atoms with Crippen molar-refractivity contribution in [1.82, 2.24) is 4.90 Å². The van der Waals surface area contributed by atoms with Crippen molar-refractivity contribution in [3.8, 4) is 5.75 Å². The summed E-state index contributed by atoms with van der Waals surface area (Å²) in [6, 6.07) is 9.61. The number of nitrogens with zero attached hydrogens (tertiary/aromatic N) is 1. The highest BCUT2D eigenvalue weighted by atomic mass is 79.9. The first-order chi connectivity index (χ1) is 13.9. The third-order valence-corrected chi connectivity index (χ3v) is 8.93. The van der Waals surface area contributed by atoms with Gasteiger partial charge in [-0.1, -0.05) is 34.0 Å². The van der Waals surface area contributed by atoms with Crippen LogP contribution in [0.2, 0.25) is 5.02 Å². The molecular weight excluding hydrogens is 538 g/mol. The normalized spacial score (nSPS) is 22.3. The van der Waals surface area contributed by atoms with Crippen molar-refractivity contribution in [3.05, 3.63) is 55.4 Å². The van der Waals surface area contributed by atoms with E-state index >= 15 is 0 Å². The van der Waals surface area contributed by atoms with Crippen molar-refractivity contribution in [3.63, 3.8) is 0 Å². The van der Waals surface area contributed by atoms with Gasteiger partial charge >= 0.3 is 0 Å². The zero-order valence-electron chi connectivity index (χ0n) is 16.1. The maximum absolute atomic E-state index is 13.9. The molecule has 0 unspecified atom stereocenters. The highest BCUT2D eigenvalue weighted by Gasteiger charge is 2.47. The Kier molecular flexibility index (Phi) is 6.67. The molecule has 7 heteroatoms. The Morgan fingerprint density at radius 1 is 1.17 bits per heavy atom. The molecule has 4 rings (SSSR count). The largest absolute Gasteiger partial charge is 0.490 e. The minimum absolute atomic E-state index is 0.130. The number of likely N-dealkylation sites (tertiary alicyclic amines) is 1. The van der Waals surface area contributed by atoms with Gasteiger partial charge in [-0.05, 0) is 84.7 Å². The van der Waals surface area contributed by atoms with Gasteiger partial charge in [0.1, 0.15) is 17.1 Å². The Hall–Kier alpha value is -0.530. The molecule has 1 atom stereocenters. The average Bonchev–Trinajstić information content (AvgIpc) is 2.72. The zero-order valence-corrected chi connectivity index (χ0v) is 20.9. The van der Waals surface area contributed by atoms with Crippen LogP contribution in [0.4, 0.5) is 0 Å². The minimum atomic E-state index is -0.688. The van der Waals surface area contributed by atoms with E-state index in [-0.39, 0.29) is 5.78 Å². The van der Waals surface area contributed by atoms with Crippen molar-refractivity contribution in [2.45, 2.75) is 35.8 Å². The van der Waals surface area contributed by atoms with Crippen LogP contribution in [0.3, 0.4) is 0 Å². The molecule has 0 spiro atoms. The lowest BCUT2D eigenvalue weighted by molar-refractivity contribution is 0.0805. The van der Waals surface area contributed by atoms with Crippen LogP contribution in [-0.4, -0.2) is 41.7 Å². The summed E-state index contributed by atoms with van der Waals surface area (Å²) < 4.78 is 7.32. The molecule has 0 bridgehead atoms. The Balaban J connectivity index is 1.73. The minimum Gasteiger partial charge on any atom is -0.490 e. The molecule has 0 saturated carbocycles. The van der Waals surface area contributed by atoms with E-state index < -0.39 is 4.75 Å². The molecule has 0 aromatic heterocycles. The number of hydrogen-bond donors (Lipinski definition) is 0. The number of hydrogen-bond acceptors (Lipinski definition) is 4. The molecule has 0 amide bonds. The molecule has 29 heavy (non-hydrogen) atoms. The zero-order chi connectivity index (χ0) is 20.6. The molecule has 3 nitrogen and oxygen atoms in total. The summed E-state index contributed by atoms with van der Waals surface area (Å²) in [5.41, 5.74) is 1.67. The summed E-state index contributed by atoms with van der Waals surface area (Å²) in [7, 11) is 0. The van der Waals surface area contributed by atoms with Gasteiger partial charge in [-0.15, -0.1) is 11.8 Å². The number of halogens is 3. The molecule has 2 heterocycles. The molecule has 0 radical (unpaired) electrons. The van der Waals surface area contributed by atoms with E-state index in [9.17, 15) is 4.79 Å². The molecule has 2 aliphatic heterocycles. The third-order valence-electron chi connectivity index (χ3n) is 5.57. The van der Waals surface area contributed by atoms with Crippen LogP contribution in [-0.2, 0) is 0 Å².